The molecule has 29 heavy (non-hydrogen) atoms. The fourth-order valence-electron chi connectivity index (χ4n) is 3.49. The first-order valence-electron chi connectivity index (χ1n) is 10.0. The minimum Gasteiger partial charge on any atom is -0.484 e. The van der Waals surface area contributed by atoms with Gasteiger partial charge in [-0.05, 0) is 49.6 Å². The van der Waals surface area contributed by atoms with Crippen LogP contribution in [0, 0.1) is 0 Å². The summed E-state index contributed by atoms with van der Waals surface area (Å²) >= 11 is 0. The zero-order valence-corrected chi connectivity index (χ0v) is 17.5. The first kappa shape index (κ1) is 21.3. The smallest absolute Gasteiger partial charge is 0.258 e. The molecule has 0 saturated heterocycles. The Morgan fingerprint density at radius 1 is 1.03 bits per heavy atom. The third-order valence-corrected chi connectivity index (χ3v) is 6.66. The van der Waals surface area contributed by atoms with Gasteiger partial charge in [-0.1, -0.05) is 49.6 Å². The van der Waals surface area contributed by atoms with Crippen LogP contribution in [0.5, 0.6) is 5.75 Å². The molecule has 2 aromatic rings. The van der Waals surface area contributed by atoms with Gasteiger partial charge in [0.2, 0.25) is 10.0 Å². The molecule has 0 bridgehead atoms. The van der Waals surface area contributed by atoms with E-state index in [1.165, 1.54) is 18.6 Å². The van der Waals surface area contributed by atoms with Crippen molar-refractivity contribution in [1.82, 2.24) is 10.0 Å². The van der Waals surface area contributed by atoms with Crippen molar-refractivity contribution in [3.05, 3.63) is 60.2 Å². The molecule has 6 nitrogen and oxygen atoms in total. The second-order valence-corrected chi connectivity index (χ2v) is 9.13. The minimum absolute atomic E-state index is 0.0775. The highest BCUT2D eigenvalue weighted by atomic mass is 32.2. The number of hydrogen-bond acceptors (Lipinski definition) is 4. The van der Waals surface area contributed by atoms with Crippen molar-refractivity contribution in [2.75, 3.05) is 6.61 Å². The molecule has 3 rings (SSSR count). The number of rotatable bonds is 8. The average Bonchev–Trinajstić information content (AvgIpc) is 2.73. The van der Waals surface area contributed by atoms with E-state index >= 15 is 0 Å². The van der Waals surface area contributed by atoms with E-state index in [-0.39, 0.29) is 29.5 Å². The maximum Gasteiger partial charge on any atom is 0.258 e. The number of carbonyl (C=O) groups excluding carboxylic acids is 1. The lowest BCUT2D eigenvalue weighted by molar-refractivity contribution is -0.124. The molecule has 156 valence electrons. The molecule has 1 unspecified atom stereocenters. The highest BCUT2D eigenvalue weighted by Crippen LogP contribution is 2.20. The molecule has 1 aliphatic carbocycles. The number of carbonyl (C=O) groups is 1. The molecule has 0 heterocycles. The van der Waals surface area contributed by atoms with Crippen LogP contribution in [0.2, 0.25) is 0 Å². The topological polar surface area (TPSA) is 84.5 Å². The van der Waals surface area contributed by atoms with Crippen molar-refractivity contribution in [1.29, 1.82) is 0 Å². The summed E-state index contributed by atoms with van der Waals surface area (Å²) in [5.41, 5.74) is 0.889. The van der Waals surface area contributed by atoms with Crippen LogP contribution in [0.4, 0.5) is 0 Å². The molecule has 0 spiro atoms. The lowest BCUT2D eigenvalue weighted by Crippen LogP contribution is -2.38. The fraction of sp³-hybridized carbons (Fsp3) is 0.409. The van der Waals surface area contributed by atoms with Crippen LogP contribution in [0.15, 0.2) is 59.5 Å². The molecule has 0 aliphatic heterocycles. The minimum atomic E-state index is -3.66. The summed E-state index contributed by atoms with van der Waals surface area (Å²) in [4.78, 5) is 12.2. The summed E-state index contributed by atoms with van der Waals surface area (Å²) in [5, 5.41) is 2.99. The Morgan fingerprint density at radius 2 is 1.69 bits per heavy atom. The number of amides is 1. The maximum absolute atomic E-state index is 12.6. The fourth-order valence-corrected chi connectivity index (χ4v) is 4.72. The lowest BCUT2D eigenvalue weighted by atomic mass is 9.95. The van der Waals surface area contributed by atoms with Gasteiger partial charge in [-0.2, -0.15) is 0 Å². The molecule has 1 saturated carbocycles. The quantitative estimate of drug-likeness (QED) is 0.689. The highest BCUT2D eigenvalue weighted by molar-refractivity contribution is 7.89. The lowest BCUT2D eigenvalue weighted by Gasteiger charge is -2.22. The third kappa shape index (κ3) is 6.30. The zero-order chi connectivity index (χ0) is 20.7. The van der Waals surface area contributed by atoms with E-state index in [1.807, 2.05) is 30.3 Å². The average molecular weight is 417 g/mol. The Hall–Kier alpha value is -2.38. The van der Waals surface area contributed by atoms with Gasteiger partial charge in [-0.3, -0.25) is 4.79 Å². The Morgan fingerprint density at radius 3 is 2.34 bits per heavy atom. The first-order valence-corrected chi connectivity index (χ1v) is 11.5. The molecule has 1 atom stereocenters. The van der Waals surface area contributed by atoms with Crippen LogP contribution >= 0.6 is 0 Å². The van der Waals surface area contributed by atoms with E-state index in [0.29, 0.717) is 5.75 Å². The van der Waals surface area contributed by atoms with Crippen molar-refractivity contribution in [3.8, 4) is 5.75 Å². The molecular weight excluding hydrogens is 388 g/mol. The summed E-state index contributed by atoms with van der Waals surface area (Å²) in [6, 6.07) is 15.4. The maximum atomic E-state index is 12.6. The first-order chi connectivity index (χ1) is 13.9. The van der Waals surface area contributed by atoms with Crippen molar-refractivity contribution in [2.45, 2.75) is 56.0 Å². The van der Waals surface area contributed by atoms with Crippen molar-refractivity contribution in [2.24, 2.45) is 0 Å². The Kier molecular flexibility index (Phi) is 7.28. The van der Waals surface area contributed by atoms with Gasteiger partial charge >= 0.3 is 0 Å². The third-order valence-electron chi connectivity index (χ3n) is 5.11. The van der Waals surface area contributed by atoms with Crippen LogP contribution in [0.3, 0.4) is 0 Å². The van der Waals surface area contributed by atoms with E-state index in [2.05, 4.69) is 10.0 Å². The Bertz CT molecular complexity index is 892. The molecule has 1 amide bonds. The van der Waals surface area contributed by atoms with Crippen molar-refractivity contribution in [3.63, 3.8) is 0 Å². The van der Waals surface area contributed by atoms with Gasteiger partial charge in [0.25, 0.3) is 5.91 Å². The molecule has 2 aromatic carbocycles. The van der Waals surface area contributed by atoms with E-state index < -0.39 is 10.0 Å². The molecule has 0 radical (unpaired) electrons. The number of ether oxygens (including phenoxy) is 1. The van der Waals surface area contributed by atoms with Crippen LogP contribution in [-0.4, -0.2) is 27.0 Å². The van der Waals surface area contributed by atoms with Crippen LogP contribution in [-0.2, 0) is 14.8 Å². The van der Waals surface area contributed by atoms with Crippen LogP contribution < -0.4 is 14.8 Å². The van der Waals surface area contributed by atoms with Crippen molar-refractivity contribution < 1.29 is 17.9 Å². The largest absolute Gasteiger partial charge is 0.484 e. The normalized spacial score (nSPS) is 16.2. The van der Waals surface area contributed by atoms with E-state index in [4.69, 9.17) is 4.74 Å². The number of nitrogens with one attached hydrogen (secondary N) is 2. The molecule has 0 aromatic heterocycles. The predicted octanol–water partition coefficient (Wildman–Crippen LogP) is 3.55. The predicted molar refractivity (Wildman–Crippen MR) is 112 cm³/mol. The molecule has 1 aliphatic rings. The Balaban J connectivity index is 1.52. The number of benzene rings is 2. The number of sulfonamides is 1. The summed E-state index contributed by atoms with van der Waals surface area (Å²) in [7, 11) is -3.66. The molecule has 1 fully saturated rings. The van der Waals surface area contributed by atoms with Crippen molar-refractivity contribution >= 4 is 15.9 Å². The van der Waals surface area contributed by atoms with Gasteiger partial charge in [-0.25, -0.2) is 13.1 Å². The van der Waals surface area contributed by atoms with Gasteiger partial charge in [0.15, 0.2) is 6.61 Å². The second kappa shape index (κ2) is 9.89. The van der Waals surface area contributed by atoms with Gasteiger partial charge in [0, 0.05) is 12.1 Å². The zero-order valence-electron chi connectivity index (χ0n) is 16.6. The standard InChI is InChI=1S/C22H28N2O4S/c1-17(18-8-4-2-5-9-18)24-29(26,27)21-14-12-20(13-15-21)28-16-22(25)23-19-10-6-3-7-11-19/h2,4-5,8-9,12-15,17,19,24H,3,6-7,10-11,16H2,1H3,(H,23,25). The van der Waals surface area contributed by atoms with Gasteiger partial charge in [-0.15, -0.1) is 0 Å². The SMILES string of the molecule is CC(NS(=O)(=O)c1ccc(OCC(=O)NC2CCCCC2)cc1)c1ccccc1. The summed E-state index contributed by atoms with van der Waals surface area (Å²) < 4.78 is 33.4. The van der Waals surface area contributed by atoms with E-state index in [0.717, 1.165) is 31.2 Å². The highest BCUT2D eigenvalue weighted by Gasteiger charge is 2.19. The monoisotopic (exact) mass is 416 g/mol. The molecule has 2 N–H and O–H groups in total. The second-order valence-electron chi connectivity index (χ2n) is 7.42. The summed E-state index contributed by atoms with van der Waals surface area (Å²) in [5.74, 6) is 0.311. The van der Waals surface area contributed by atoms with E-state index in [9.17, 15) is 13.2 Å². The number of hydrogen-bond donors (Lipinski definition) is 2. The summed E-state index contributed by atoms with van der Waals surface area (Å²) in [6.07, 6.45) is 5.58. The Labute approximate surface area is 172 Å². The molecular formula is C22H28N2O4S. The summed E-state index contributed by atoms with van der Waals surface area (Å²) in [6.45, 7) is 1.72. The van der Waals surface area contributed by atoms with Crippen LogP contribution in [0.25, 0.3) is 0 Å². The van der Waals surface area contributed by atoms with Gasteiger partial charge in [0.1, 0.15) is 5.75 Å². The molecule has 7 heteroatoms. The van der Waals surface area contributed by atoms with E-state index in [1.54, 1.807) is 19.1 Å². The van der Waals surface area contributed by atoms with Gasteiger partial charge < -0.3 is 10.1 Å². The van der Waals surface area contributed by atoms with Gasteiger partial charge in [0.05, 0.1) is 4.90 Å². The van der Waals surface area contributed by atoms with Crippen LogP contribution in [0.1, 0.15) is 50.6 Å².